The van der Waals surface area contributed by atoms with Gasteiger partial charge in [0.25, 0.3) is 11.6 Å². The number of allylic oxidation sites excluding steroid dienone is 1. The zero-order valence-electron chi connectivity index (χ0n) is 21.3. The molecule has 1 amide bonds. The van der Waals surface area contributed by atoms with Crippen LogP contribution in [0.2, 0.25) is 0 Å². The molecule has 3 aromatic rings. The monoisotopic (exact) mass is 549 g/mol. The van der Waals surface area contributed by atoms with Crippen molar-refractivity contribution in [2.75, 3.05) is 25.2 Å². The van der Waals surface area contributed by atoms with Gasteiger partial charge in [-0.2, -0.15) is 0 Å². The van der Waals surface area contributed by atoms with Gasteiger partial charge in [0.1, 0.15) is 0 Å². The minimum absolute atomic E-state index is 0.00472. The molecule has 10 nitrogen and oxygen atoms in total. The lowest BCUT2D eigenvalue weighted by Gasteiger charge is -2.24. The lowest BCUT2D eigenvalue weighted by atomic mass is 9.86. The molecule has 1 aliphatic carbocycles. The van der Waals surface area contributed by atoms with E-state index in [4.69, 9.17) is 9.72 Å². The highest BCUT2D eigenvalue weighted by atomic mass is 32.2. The molecule has 0 radical (unpaired) electrons. The summed E-state index contributed by atoms with van der Waals surface area (Å²) >= 11 is 0. The number of aromatic nitrogens is 1. The molecule has 1 aliphatic heterocycles. The van der Waals surface area contributed by atoms with Crippen LogP contribution >= 0.6 is 0 Å². The molecule has 1 aromatic heterocycles. The first-order chi connectivity index (χ1) is 18.6. The molecule has 2 aliphatic rings. The van der Waals surface area contributed by atoms with Crippen LogP contribution in [0.3, 0.4) is 0 Å². The van der Waals surface area contributed by atoms with Crippen molar-refractivity contribution in [1.82, 2.24) is 9.88 Å². The van der Waals surface area contributed by atoms with Crippen molar-refractivity contribution in [3.05, 3.63) is 81.0 Å². The van der Waals surface area contributed by atoms with Gasteiger partial charge in [-0.05, 0) is 66.7 Å². The number of nitro benzene ring substituents is 1. The smallest absolute Gasteiger partial charge is 0.339 e. The Morgan fingerprint density at radius 3 is 2.59 bits per heavy atom. The molecule has 0 N–H and O–H groups in total. The number of nitro groups is 1. The summed E-state index contributed by atoms with van der Waals surface area (Å²) < 4.78 is 29.1. The van der Waals surface area contributed by atoms with E-state index in [0.29, 0.717) is 35.0 Å². The zero-order chi connectivity index (χ0) is 27.7. The van der Waals surface area contributed by atoms with Crippen molar-refractivity contribution in [2.24, 2.45) is 0 Å². The number of fused-ring (bicyclic) bond motifs is 2. The van der Waals surface area contributed by atoms with E-state index < -0.39 is 39.3 Å². The molecule has 1 atom stereocenters. The predicted octanol–water partition coefficient (Wildman–Crippen LogP) is 3.82. The van der Waals surface area contributed by atoms with E-state index in [2.05, 4.69) is 0 Å². The van der Waals surface area contributed by atoms with Gasteiger partial charge < -0.3 is 9.64 Å². The first-order valence-corrected chi connectivity index (χ1v) is 14.5. The van der Waals surface area contributed by atoms with Crippen LogP contribution in [0.1, 0.15) is 46.4 Å². The Bertz CT molecular complexity index is 1610. The van der Waals surface area contributed by atoms with Crippen LogP contribution in [0, 0.1) is 10.1 Å². The van der Waals surface area contributed by atoms with Gasteiger partial charge in [0.2, 0.25) is 0 Å². The second-order valence-corrected chi connectivity index (χ2v) is 12.1. The Hall–Kier alpha value is -4.12. The lowest BCUT2D eigenvalue weighted by Crippen LogP contribution is -2.40. The quantitative estimate of drug-likeness (QED) is 0.257. The largest absolute Gasteiger partial charge is 0.452 e. The fourth-order valence-corrected chi connectivity index (χ4v) is 6.96. The van der Waals surface area contributed by atoms with Gasteiger partial charge in [-0.25, -0.2) is 18.2 Å². The number of pyridine rings is 1. The van der Waals surface area contributed by atoms with Crippen LogP contribution in [0.4, 0.5) is 5.69 Å². The summed E-state index contributed by atoms with van der Waals surface area (Å²) in [6.07, 6.45) is 4.38. The summed E-state index contributed by atoms with van der Waals surface area (Å²) in [5.41, 5.74) is 4.08. The van der Waals surface area contributed by atoms with Crippen LogP contribution in [-0.2, 0) is 25.8 Å². The van der Waals surface area contributed by atoms with Crippen molar-refractivity contribution in [3.8, 4) is 0 Å². The fraction of sp³-hybridized carbons (Fsp3) is 0.321. The van der Waals surface area contributed by atoms with Crippen molar-refractivity contribution < 1.29 is 27.7 Å². The van der Waals surface area contributed by atoms with Gasteiger partial charge in [0.15, 0.2) is 16.4 Å². The molecule has 5 rings (SSSR count). The number of rotatable bonds is 6. The van der Waals surface area contributed by atoms with Crippen molar-refractivity contribution in [2.45, 2.75) is 31.7 Å². The highest BCUT2D eigenvalue weighted by molar-refractivity contribution is 7.91. The SMILES string of the molecule is CN(C(=O)COC(=O)c1c2c(nc3ccccc13)/C(=C/c1ccc([N+](=O)[O-])cc1)CCC2)C1CCS(=O)(=O)C1. The number of hydrogen-bond donors (Lipinski definition) is 0. The molecular weight excluding hydrogens is 522 g/mol. The van der Waals surface area contributed by atoms with E-state index in [1.165, 1.54) is 24.1 Å². The summed E-state index contributed by atoms with van der Waals surface area (Å²) in [4.78, 5) is 43.0. The number of hydrogen-bond acceptors (Lipinski definition) is 8. The second kappa shape index (κ2) is 10.6. The van der Waals surface area contributed by atoms with Gasteiger partial charge in [0.05, 0.1) is 33.2 Å². The van der Waals surface area contributed by atoms with E-state index in [0.717, 1.165) is 29.5 Å². The summed E-state index contributed by atoms with van der Waals surface area (Å²) in [6.45, 7) is -0.497. The summed E-state index contributed by atoms with van der Waals surface area (Å²) in [7, 11) is -1.63. The molecule has 2 heterocycles. The molecular formula is C28H27N3O7S. The van der Waals surface area contributed by atoms with Crippen molar-refractivity contribution >= 4 is 50.0 Å². The number of esters is 1. The molecule has 39 heavy (non-hydrogen) atoms. The van der Waals surface area contributed by atoms with E-state index in [-0.39, 0.29) is 17.2 Å². The third-order valence-electron chi connectivity index (χ3n) is 7.30. The highest BCUT2D eigenvalue weighted by Crippen LogP contribution is 2.36. The average Bonchev–Trinajstić information content (AvgIpc) is 3.29. The highest BCUT2D eigenvalue weighted by Gasteiger charge is 2.33. The van der Waals surface area contributed by atoms with Crippen molar-refractivity contribution in [1.29, 1.82) is 0 Å². The van der Waals surface area contributed by atoms with Gasteiger partial charge in [-0.1, -0.05) is 18.2 Å². The number of benzene rings is 2. The number of likely N-dealkylation sites (N-methyl/N-ethyl adjacent to an activating group) is 1. The minimum Gasteiger partial charge on any atom is -0.452 e. The molecule has 0 bridgehead atoms. The van der Waals surface area contributed by atoms with Gasteiger partial charge in [0, 0.05) is 30.6 Å². The average molecular weight is 550 g/mol. The van der Waals surface area contributed by atoms with Gasteiger partial charge >= 0.3 is 5.97 Å². The van der Waals surface area contributed by atoms with Gasteiger partial charge in [-0.15, -0.1) is 0 Å². The second-order valence-electron chi connectivity index (χ2n) is 9.84. The number of nitrogens with zero attached hydrogens (tertiary/aromatic N) is 3. The maximum Gasteiger partial charge on any atom is 0.339 e. The Balaban J connectivity index is 1.44. The van der Waals surface area contributed by atoms with Crippen LogP contribution in [0.25, 0.3) is 22.6 Å². The number of ether oxygens (including phenoxy) is 1. The van der Waals surface area contributed by atoms with Crippen LogP contribution in [-0.4, -0.2) is 66.3 Å². The normalized spacial score (nSPS) is 19.0. The number of amides is 1. The molecule has 202 valence electrons. The Labute approximate surface area is 225 Å². The molecule has 0 saturated carbocycles. The molecule has 11 heteroatoms. The molecule has 1 saturated heterocycles. The third kappa shape index (κ3) is 5.53. The van der Waals surface area contributed by atoms with Gasteiger partial charge in [-0.3, -0.25) is 14.9 Å². The molecule has 2 aromatic carbocycles. The van der Waals surface area contributed by atoms with Crippen LogP contribution in [0.15, 0.2) is 48.5 Å². The predicted molar refractivity (Wildman–Crippen MR) is 146 cm³/mol. The third-order valence-corrected chi connectivity index (χ3v) is 9.05. The molecule has 1 unspecified atom stereocenters. The maximum absolute atomic E-state index is 13.4. The summed E-state index contributed by atoms with van der Waals surface area (Å²) in [5.74, 6) is -1.14. The zero-order valence-corrected chi connectivity index (χ0v) is 22.1. The number of carbonyl (C=O) groups is 2. The maximum atomic E-state index is 13.4. The molecule has 1 fully saturated rings. The Kier molecular flexibility index (Phi) is 7.17. The number of non-ortho nitro benzene ring substituents is 1. The lowest BCUT2D eigenvalue weighted by molar-refractivity contribution is -0.384. The van der Waals surface area contributed by atoms with Crippen LogP contribution < -0.4 is 0 Å². The number of para-hydroxylation sites is 1. The van der Waals surface area contributed by atoms with Crippen LogP contribution in [0.5, 0.6) is 0 Å². The minimum atomic E-state index is -3.16. The summed E-state index contributed by atoms with van der Waals surface area (Å²) in [5, 5.41) is 11.6. The van der Waals surface area contributed by atoms with E-state index in [1.807, 2.05) is 24.3 Å². The van der Waals surface area contributed by atoms with E-state index in [9.17, 15) is 28.1 Å². The number of carbonyl (C=O) groups excluding carboxylic acids is 2. The number of sulfone groups is 1. The standard InChI is InChI=1S/C28H27N3O7S/c1-30(21-13-14-39(36,37)17-21)25(32)16-38-28(33)26-22-6-2-3-8-24(22)29-27-19(5-4-7-23(26)27)15-18-9-11-20(12-10-18)31(34)35/h2-3,6,8-12,15,21H,4-5,7,13-14,16-17H2,1H3/b19-15+. The summed E-state index contributed by atoms with van der Waals surface area (Å²) in [6, 6.07) is 13.1. The Morgan fingerprint density at radius 2 is 1.90 bits per heavy atom. The van der Waals surface area contributed by atoms with Crippen molar-refractivity contribution in [3.63, 3.8) is 0 Å². The van der Waals surface area contributed by atoms with E-state index >= 15 is 0 Å². The first kappa shape index (κ1) is 26.5. The topological polar surface area (TPSA) is 137 Å². The molecule has 0 spiro atoms. The Morgan fingerprint density at radius 1 is 1.15 bits per heavy atom. The first-order valence-electron chi connectivity index (χ1n) is 12.6. The van der Waals surface area contributed by atoms with E-state index in [1.54, 1.807) is 18.2 Å². The fourth-order valence-electron chi connectivity index (χ4n) is 5.19.